The molecule has 96 valence electrons. The third-order valence-electron chi connectivity index (χ3n) is 2.43. The first kappa shape index (κ1) is 12.7. The van der Waals surface area contributed by atoms with E-state index in [1.807, 2.05) is 6.07 Å². The van der Waals surface area contributed by atoms with Gasteiger partial charge in [-0.25, -0.2) is 0 Å². The summed E-state index contributed by atoms with van der Waals surface area (Å²) in [6.07, 6.45) is 0. The van der Waals surface area contributed by atoms with Crippen molar-refractivity contribution in [1.82, 2.24) is 0 Å². The average Bonchev–Trinajstić information content (AvgIpc) is 2.45. The van der Waals surface area contributed by atoms with E-state index in [9.17, 15) is 10.1 Å². The van der Waals surface area contributed by atoms with Gasteiger partial charge >= 0.3 is 0 Å². The molecule has 0 bridgehead atoms. The maximum absolute atomic E-state index is 10.8. The van der Waals surface area contributed by atoms with Gasteiger partial charge in [-0.1, -0.05) is 24.3 Å². The van der Waals surface area contributed by atoms with Crippen LogP contribution in [0.15, 0.2) is 58.8 Å². The highest BCUT2D eigenvalue weighted by Crippen LogP contribution is 2.31. The van der Waals surface area contributed by atoms with Gasteiger partial charge in [0.05, 0.1) is 12.0 Å². The summed E-state index contributed by atoms with van der Waals surface area (Å²) in [5, 5.41) is 18.7. The fourth-order valence-corrected chi connectivity index (χ4v) is 1.52. The molecule has 2 aromatic rings. The van der Waals surface area contributed by atoms with Crippen LogP contribution in [0.1, 0.15) is 0 Å². The fourth-order valence-electron chi connectivity index (χ4n) is 1.52. The van der Waals surface area contributed by atoms with Crippen LogP contribution in [0.4, 0.5) is 17.1 Å². The summed E-state index contributed by atoms with van der Waals surface area (Å²) in [6.45, 7) is 0. The normalized spacial score (nSPS) is 10.6. The lowest BCUT2D eigenvalue weighted by Gasteiger charge is -2.01. The minimum Gasteiger partial charge on any atom is -0.494 e. The number of rotatable bonds is 4. The van der Waals surface area contributed by atoms with Gasteiger partial charge in [0.25, 0.3) is 5.69 Å². The fraction of sp³-hybridized carbons (Fsp3) is 0.0769. The van der Waals surface area contributed by atoms with Crippen molar-refractivity contribution in [3.05, 3.63) is 58.6 Å². The zero-order chi connectivity index (χ0) is 13.7. The van der Waals surface area contributed by atoms with Crippen LogP contribution in [-0.4, -0.2) is 12.0 Å². The Bertz CT molecular complexity index is 626. The molecule has 0 aliphatic carbocycles. The number of nitro benzene ring substituents is 1. The zero-order valence-electron chi connectivity index (χ0n) is 10.2. The maximum Gasteiger partial charge on any atom is 0.296 e. The molecule has 0 saturated carbocycles. The van der Waals surface area contributed by atoms with Gasteiger partial charge in [-0.15, -0.1) is 10.2 Å². The number of azo groups is 1. The Morgan fingerprint density at radius 1 is 1.00 bits per heavy atom. The molecule has 0 heterocycles. The van der Waals surface area contributed by atoms with Gasteiger partial charge in [-0.2, -0.15) is 0 Å². The Labute approximate surface area is 109 Å². The van der Waals surface area contributed by atoms with Crippen LogP contribution in [0, 0.1) is 10.1 Å². The van der Waals surface area contributed by atoms with E-state index in [2.05, 4.69) is 10.2 Å². The molecule has 2 rings (SSSR count). The first-order valence-electron chi connectivity index (χ1n) is 5.50. The average molecular weight is 257 g/mol. The summed E-state index contributed by atoms with van der Waals surface area (Å²) in [6, 6.07) is 13.2. The van der Waals surface area contributed by atoms with Gasteiger partial charge in [0, 0.05) is 6.07 Å². The smallest absolute Gasteiger partial charge is 0.296 e. The van der Waals surface area contributed by atoms with Gasteiger partial charge in [0.1, 0.15) is 11.4 Å². The second kappa shape index (κ2) is 5.72. The van der Waals surface area contributed by atoms with E-state index >= 15 is 0 Å². The minimum atomic E-state index is -0.490. The molecule has 0 aliphatic rings. The van der Waals surface area contributed by atoms with Gasteiger partial charge in [-0.05, 0) is 18.2 Å². The second-order valence-corrected chi connectivity index (χ2v) is 3.62. The summed E-state index contributed by atoms with van der Waals surface area (Å²) in [7, 11) is 1.53. The minimum absolute atomic E-state index is 0.0823. The summed E-state index contributed by atoms with van der Waals surface area (Å²) in [4.78, 5) is 10.3. The van der Waals surface area contributed by atoms with Crippen molar-refractivity contribution < 1.29 is 9.66 Å². The van der Waals surface area contributed by atoms with Crippen LogP contribution >= 0.6 is 0 Å². The zero-order valence-corrected chi connectivity index (χ0v) is 10.2. The first-order chi connectivity index (χ1) is 9.22. The SMILES string of the molecule is COc1ccccc1/N=N/c1ccccc1[N+](=O)[O-]. The Morgan fingerprint density at radius 3 is 2.26 bits per heavy atom. The molecule has 0 fully saturated rings. The monoisotopic (exact) mass is 257 g/mol. The summed E-state index contributed by atoms with van der Waals surface area (Å²) in [5.74, 6) is 0.560. The maximum atomic E-state index is 10.8. The molecule has 0 saturated heterocycles. The van der Waals surface area contributed by atoms with Crippen LogP contribution in [0.25, 0.3) is 0 Å². The number of nitrogens with zero attached hydrogens (tertiary/aromatic N) is 3. The molecule has 19 heavy (non-hydrogen) atoms. The molecular weight excluding hydrogens is 246 g/mol. The molecule has 0 aromatic heterocycles. The summed E-state index contributed by atoms with van der Waals surface area (Å²) < 4.78 is 5.12. The third-order valence-corrected chi connectivity index (χ3v) is 2.43. The molecule has 0 amide bonds. The first-order valence-corrected chi connectivity index (χ1v) is 5.50. The van der Waals surface area contributed by atoms with Crippen LogP contribution in [0.2, 0.25) is 0 Å². The van der Waals surface area contributed by atoms with Crippen molar-refractivity contribution in [1.29, 1.82) is 0 Å². The lowest BCUT2D eigenvalue weighted by atomic mass is 10.3. The predicted octanol–water partition coefficient (Wildman–Crippen LogP) is 4.02. The number of nitro groups is 1. The molecule has 6 nitrogen and oxygen atoms in total. The quantitative estimate of drug-likeness (QED) is 0.471. The molecule has 6 heteroatoms. The Balaban J connectivity index is 2.35. The summed E-state index contributed by atoms with van der Waals surface area (Å²) >= 11 is 0. The van der Waals surface area contributed by atoms with Gasteiger partial charge in [0.15, 0.2) is 5.69 Å². The lowest BCUT2D eigenvalue weighted by Crippen LogP contribution is -1.87. The van der Waals surface area contributed by atoms with E-state index in [0.29, 0.717) is 11.4 Å². The van der Waals surface area contributed by atoms with E-state index in [0.717, 1.165) is 0 Å². The van der Waals surface area contributed by atoms with E-state index in [-0.39, 0.29) is 11.4 Å². The van der Waals surface area contributed by atoms with E-state index in [1.165, 1.54) is 19.2 Å². The molecule has 0 N–H and O–H groups in total. The van der Waals surface area contributed by atoms with Gasteiger partial charge in [0.2, 0.25) is 0 Å². The van der Waals surface area contributed by atoms with E-state index < -0.39 is 4.92 Å². The largest absolute Gasteiger partial charge is 0.494 e. The molecule has 0 spiro atoms. The van der Waals surface area contributed by atoms with Crippen molar-refractivity contribution in [3.8, 4) is 5.75 Å². The number of methoxy groups -OCH3 is 1. The highest BCUT2D eigenvalue weighted by Gasteiger charge is 2.11. The highest BCUT2D eigenvalue weighted by atomic mass is 16.6. The van der Waals surface area contributed by atoms with E-state index in [4.69, 9.17) is 4.74 Å². The van der Waals surface area contributed by atoms with Crippen molar-refractivity contribution >= 4 is 17.1 Å². The van der Waals surface area contributed by atoms with Crippen molar-refractivity contribution in [2.24, 2.45) is 10.2 Å². The van der Waals surface area contributed by atoms with Crippen molar-refractivity contribution in [2.45, 2.75) is 0 Å². The molecule has 0 atom stereocenters. The van der Waals surface area contributed by atoms with Crippen LogP contribution < -0.4 is 4.74 Å². The molecular formula is C13H11N3O3. The van der Waals surface area contributed by atoms with Crippen molar-refractivity contribution in [3.63, 3.8) is 0 Å². The Kier molecular flexibility index (Phi) is 3.82. The Morgan fingerprint density at radius 2 is 1.58 bits per heavy atom. The highest BCUT2D eigenvalue weighted by molar-refractivity contribution is 5.57. The molecule has 0 unspecified atom stereocenters. The number of benzene rings is 2. The lowest BCUT2D eigenvalue weighted by molar-refractivity contribution is -0.384. The van der Waals surface area contributed by atoms with Crippen LogP contribution in [0.3, 0.4) is 0 Å². The van der Waals surface area contributed by atoms with E-state index in [1.54, 1.807) is 30.3 Å². The predicted molar refractivity (Wildman–Crippen MR) is 70.3 cm³/mol. The standard InChI is InChI=1S/C13H11N3O3/c1-19-13-9-5-3-7-11(13)15-14-10-6-2-4-8-12(10)16(17)18/h2-9H,1H3/b15-14+. The van der Waals surface area contributed by atoms with Crippen LogP contribution in [-0.2, 0) is 0 Å². The summed E-state index contributed by atoms with van der Waals surface area (Å²) in [5.41, 5.74) is 0.641. The number of hydrogen-bond donors (Lipinski definition) is 0. The molecule has 0 radical (unpaired) electrons. The second-order valence-electron chi connectivity index (χ2n) is 3.62. The van der Waals surface area contributed by atoms with Gasteiger partial charge < -0.3 is 4.74 Å². The Hall–Kier alpha value is -2.76. The van der Waals surface area contributed by atoms with Gasteiger partial charge in [-0.3, -0.25) is 10.1 Å². The molecule has 2 aromatic carbocycles. The van der Waals surface area contributed by atoms with Crippen LogP contribution in [0.5, 0.6) is 5.75 Å². The third kappa shape index (κ3) is 2.92. The molecule has 0 aliphatic heterocycles. The van der Waals surface area contributed by atoms with Crippen molar-refractivity contribution in [2.75, 3.05) is 7.11 Å². The topological polar surface area (TPSA) is 77.1 Å². The number of para-hydroxylation sites is 2. The number of hydrogen-bond acceptors (Lipinski definition) is 5. The number of ether oxygens (including phenoxy) is 1.